The van der Waals surface area contributed by atoms with Crippen molar-refractivity contribution in [3.05, 3.63) is 58.4 Å². The van der Waals surface area contributed by atoms with Crippen molar-refractivity contribution in [3.8, 4) is 5.75 Å². The summed E-state index contributed by atoms with van der Waals surface area (Å²) >= 11 is 6.17. The Balaban J connectivity index is 1.55. The number of benzene rings is 1. The van der Waals surface area contributed by atoms with Gasteiger partial charge in [-0.2, -0.15) is 0 Å². The molecule has 1 aromatic heterocycles. The summed E-state index contributed by atoms with van der Waals surface area (Å²) in [5, 5.41) is 0.713. The molecular weight excluding hydrogens is 378 g/mol. The van der Waals surface area contributed by atoms with Crippen LogP contribution in [0.5, 0.6) is 5.75 Å². The van der Waals surface area contributed by atoms with Crippen LogP contribution in [0.25, 0.3) is 0 Å². The third-order valence-electron chi connectivity index (χ3n) is 4.82. The highest BCUT2D eigenvalue weighted by molar-refractivity contribution is 6.32. The minimum Gasteiger partial charge on any atom is -0.484 e. The molecule has 148 valence electrons. The topological polar surface area (TPSA) is 62.7 Å². The predicted molar refractivity (Wildman–Crippen MR) is 108 cm³/mol. The Kier molecular flexibility index (Phi) is 6.52. The molecule has 2 heterocycles. The average molecular weight is 402 g/mol. The van der Waals surface area contributed by atoms with Gasteiger partial charge in [-0.15, -0.1) is 0 Å². The number of nitrogens with zero attached hydrogens (tertiary/aromatic N) is 3. The smallest absolute Gasteiger partial charge is 0.260 e. The fraction of sp³-hybridized carbons (Fsp3) is 0.381. The maximum atomic E-state index is 12.6. The minimum absolute atomic E-state index is 0.0307. The molecule has 0 atom stereocenters. The number of amides is 2. The fourth-order valence-electron chi connectivity index (χ4n) is 3.27. The van der Waals surface area contributed by atoms with Crippen LogP contribution in [0.3, 0.4) is 0 Å². The zero-order valence-electron chi connectivity index (χ0n) is 16.2. The SMILES string of the molecule is Cc1cc(OCC(=O)N2CCCN(C(=O)c3cccnc3)CC2)cc(C)c1Cl. The maximum Gasteiger partial charge on any atom is 0.260 e. The molecule has 1 aromatic carbocycles. The first-order chi connectivity index (χ1) is 13.5. The van der Waals surface area contributed by atoms with Crippen molar-refractivity contribution in [2.24, 2.45) is 0 Å². The van der Waals surface area contributed by atoms with Crippen LogP contribution in [0, 0.1) is 13.8 Å². The van der Waals surface area contributed by atoms with Gasteiger partial charge in [0.25, 0.3) is 11.8 Å². The molecule has 1 saturated heterocycles. The lowest BCUT2D eigenvalue weighted by atomic mass is 10.1. The Morgan fingerprint density at radius 2 is 1.79 bits per heavy atom. The van der Waals surface area contributed by atoms with E-state index in [1.54, 1.807) is 34.3 Å². The van der Waals surface area contributed by atoms with Crippen molar-refractivity contribution < 1.29 is 14.3 Å². The molecular formula is C21H24ClN3O3. The van der Waals surface area contributed by atoms with E-state index in [9.17, 15) is 9.59 Å². The van der Waals surface area contributed by atoms with E-state index in [1.807, 2.05) is 26.0 Å². The van der Waals surface area contributed by atoms with Crippen molar-refractivity contribution in [3.63, 3.8) is 0 Å². The monoisotopic (exact) mass is 401 g/mol. The Morgan fingerprint density at radius 1 is 1.11 bits per heavy atom. The standard InChI is InChI=1S/C21H24ClN3O3/c1-15-11-18(12-16(2)20(15)22)28-14-19(26)24-7-4-8-25(10-9-24)21(27)17-5-3-6-23-13-17/h3,5-6,11-13H,4,7-10,14H2,1-2H3. The molecule has 3 rings (SSSR count). The lowest BCUT2D eigenvalue weighted by Crippen LogP contribution is -2.39. The summed E-state index contributed by atoms with van der Waals surface area (Å²) in [6, 6.07) is 7.17. The Morgan fingerprint density at radius 3 is 2.46 bits per heavy atom. The summed E-state index contributed by atoms with van der Waals surface area (Å²) in [5.41, 5.74) is 2.41. The van der Waals surface area contributed by atoms with E-state index in [1.165, 1.54) is 0 Å². The number of carbonyl (C=O) groups is 2. The number of carbonyl (C=O) groups excluding carboxylic acids is 2. The number of halogens is 1. The lowest BCUT2D eigenvalue weighted by molar-refractivity contribution is -0.133. The van der Waals surface area contributed by atoms with E-state index >= 15 is 0 Å². The van der Waals surface area contributed by atoms with Crippen LogP contribution in [0.2, 0.25) is 5.02 Å². The summed E-state index contributed by atoms with van der Waals surface area (Å²) in [6.07, 6.45) is 3.94. The van der Waals surface area contributed by atoms with Gasteiger partial charge < -0.3 is 14.5 Å². The van der Waals surface area contributed by atoms with Crippen LogP contribution in [0.4, 0.5) is 0 Å². The van der Waals surface area contributed by atoms with Gasteiger partial charge in [0.05, 0.1) is 5.56 Å². The van der Waals surface area contributed by atoms with Crippen LogP contribution in [-0.4, -0.2) is 59.4 Å². The molecule has 6 nitrogen and oxygen atoms in total. The van der Waals surface area contributed by atoms with Crippen LogP contribution in [0.1, 0.15) is 27.9 Å². The number of rotatable bonds is 4. The Labute approximate surface area is 170 Å². The molecule has 7 heteroatoms. The highest BCUT2D eigenvalue weighted by Crippen LogP contribution is 2.25. The van der Waals surface area contributed by atoms with Crippen LogP contribution >= 0.6 is 11.6 Å². The number of aromatic nitrogens is 1. The van der Waals surface area contributed by atoms with Crippen LogP contribution in [0.15, 0.2) is 36.7 Å². The first-order valence-electron chi connectivity index (χ1n) is 9.32. The van der Waals surface area contributed by atoms with Crippen molar-refractivity contribution in [2.75, 3.05) is 32.8 Å². The number of ether oxygens (including phenoxy) is 1. The first-order valence-corrected chi connectivity index (χ1v) is 9.70. The molecule has 0 bridgehead atoms. The highest BCUT2D eigenvalue weighted by atomic mass is 35.5. The third-order valence-corrected chi connectivity index (χ3v) is 5.41. The van der Waals surface area contributed by atoms with E-state index in [4.69, 9.17) is 16.3 Å². The lowest BCUT2D eigenvalue weighted by Gasteiger charge is -2.22. The average Bonchev–Trinajstić information content (AvgIpc) is 2.96. The number of pyridine rings is 1. The number of hydrogen-bond donors (Lipinski definition) is 0. The molecule has 0 spiro atoms. The molecule has 28 heavy (non-hydrogen) atoms. The second-order valence-corrected chi connectivity index (χ2v) is 7.31. The quantitative estimate of drug-likeness (QED) is 0.789. The fourth-order valence-corrected chi connectivity index (χ4v) is 3.38. The molecule has 0 unspecified atom stereocenters. The van der Waals surface area contributed by atoms with Crippen LogP contribution < -0.4 is 4.74 Å². The summed E-state index contributed by atoms with van der Waals surface area (Å²) in [5.74, 6) is 0.502. The zero-order chi connectivity index (χ0) is 20.1. The second kappa shape index (κ2) is 9.06. The summed E-state index contributed by atoms with van der Waals surface area (Å²) < 4.78 is 5.68. The van der Waals surface area contributed by atoms with Crippen molar-refractivity contribution in [2.45, 2.75) is 20.3 Å². The Hall–Kier alpha value is -2.60. The van der Waals surface area contributed by atoms with Gasteiger partial charge in [-0.1, -0.05) is 11.6 Å². The first kappa shape index (κ1) is 20.1. The van der Waals surface area contributed by atoms with Gasteiger partial charge >= 0.3 is 0 Å². The van der Waals surface area contributed by atoms with Gasteiger partial charge in [0, 0.05) is 43.6 Å². The van der Waals surface area contributed by atoms with Gasteiger partial charge in [0.1, 0.15) is 5.75 Å². The van der Waals surface area contributed by atoms with Gasteiger partial charge in [-0.3, -0.25) is 14.6 Å². The van der Waals surface area contributed by atoms with E-state index < -0.39 is 0 Å². The van der Waals surface area contributed by atoms with E-state index in [0.717, 1.165) is 17.5 Å². The summed E-state index contributed by atoms with van der Waals surface area (Å²) in [7, 11) is 0. The molecule has 2 aromatic rings. The third kappa shape index (κ3) is 4.81. The van der Waals surface area contributed by atoms with Crippen molar-refractivity contribution in [1.82, 2.24) is 14.8 Å². The number of hydrogen-bond acceptors (Lipinski definition) is 4. The van der Waals surface area contributed by atoms with Gasteiger partial charge in [-0.05, 0) is 55.7 Å². The predicted octanol–water partition coefficient (Wildman–Crippen LogP) is 3.11. The summed E-state index contributed by atoms with van der Waals surface area (Å²) in [4.78, 5) is 32.7. The molecule has 0 saturated carbocycles. The van der Waals surface area contributed by atoms with Gasteiger partial charge in [0.15, 0.2) is 6.61 Å². The minimum atomic E-state index is -0.0825. The number of aryl methyl sites for hydroxylation is 2. The molecule has 1 aliphatic heterocycles. The normalized spacial score (nSPS) is 14.5. The maximum absolute atomic E-state index is 12.6. The molecule has 0 N–H and O–H groups in total. The van der Waals surface area contributed by atoms with E-state index in [2.05, 4.69) is 4.98 Å². The van der Waals surface area contributed by atoms with Crippen molar-refractivity contribution >= 4 is 23.4 Å². The molecule has 0 radical (unpaired) electrons. The van der Waals surface area contributed by atoms with Crippen LogP contribution in [-0.2, 0) is 4.79 Å². The molecule has 1 fully saturated rings. The summed E-state index contributed by atoms with van der Waals surface area (Å²) in [6.45, 7) is 6.01. The molecule has 0 aliphatic carbocycles. The second-order valence-electron chi connectivity index (χ2n) is 6.93. The van der Waals surface area contributed by atoms with Gasteiger partial charge in [0.2, 0.25) is 0 Å². The van der Waals surface area contributed by atoms with Crippen molar-refractivity contribution in [1.29, 1.82) is 0 Å². The zero-order valence-corrected chi connectivity index (χ0v) is 16.9. The largest absolute Gasteiger partial charge is 0.484 e. The van der Waals surface area contributed by atoms with Gasteiger partial charge in [-0.25, -0.2) is 0 Å². The Bertz CT molecular complexity index is 834. The highest BCUT2D eigenvalue weighted by Gasteiger charge is 2.23. The molecule has 1 aliphatic rings. The molecule has 2 amide bonds. The van der Waals surface area contributed by atoms with E-state index in [-0.39, 0.29) is 18.4 Å². The van der Waals surface area contributed by atoms with E-state index in [0.29, 0.717) is 42.5 Å².